The third kappa shape index (κ3) is 2.87. The normalized spacial score (nSPS) is 23.1. The van der Waals surface area contributed by atoms with Gasteiger partial charge in [0.25, 0.3) is 6.01 Å². The van der Waals surface area contributed by atoms with Crippen molar-refractivity contribution < 1.29 is 22.3 Å². The number of nitrogens with zero attached hydrogens (tertiary/aromatic N) is 3. The summed E-state index contributed by atoms with van der Waals surface area (Å²) in [4.78, 5) is 10.7. The molecule has 3 aromatic rings. The van der Waals surface area contributed by atoms with E-state index in [1.807, 2.05) is 10.3 Å². The minimum absolute atomic E-state index is 0.0550. The smallest absolute Gasteiger partial charge is 0.418 e. The van der Waals surface area contributed by atoms with E-state index < -0.39 is 12.3 Å². The molecule has 0 aliphatic carbocycles. The van der Waals surface area contributed by atoms with E-state index in [1.54, 1.807) is 12.3 Å². The number of piperazine rings is 1. The number of hydrogen-bond acceptors (Lipinski definition) is 7. The number of thiazole rings is 1. The van der Waals surface area contributed by atoms with Crippen LogP contribution in [0, 0.1) is 0 Å². The van der Waals surface area contributed by atoms with E-state index in [1.165, 1.54) is 17.4 Å². The summed E-state index contributed by atoms with van der Waals surface area (Å²) in [6.07, 6.45) is -3.88. The van der Waals surface area contributed by atoms with Crippen LogP contribution in [0.2, 0.25) is 0 Å². The van der Waals surface area contributed by atoms with E-state index in [0.29, 0.717) is 34.3 Å². The van der Waals surface area contributed by atoms with Crippen molar-refractivity contribution in [2.45, 2.75) is 30.8 Å². The van der Waals surface area contributed by atoms with Gasteiger partial charge in [-0.15, -0.1) is 11.3 Å². The fourth-order valence-corrected chi connectivity index (χ4v) is 4.65. The molecule has 28 heavy (non-hydrogen) atoms. The molecule has 5 heterocycles. The number of methoxy groups -OCH3 is 1. The lowest BCUT2D eigenvalue weighted by Gasteiger charge is -2.47. The Morgan fingerprint density at radius 3 is 2.68 bits per heavy atom. The van der Waals surface area contributed by atoms with Gasteiger partial charge in [-0.3, -0.25) is 0 Å². The van der Waals surface area contributed by atoms with E-state index >= 15 is 0 Å². The Morgan fingerprint density at radius 1 is 1.32 bits per heavy atom. The van der Waals surface area contributed by atoms with Crippen LogP contribution in [0.15, 0.2) is 28.1 Å². The van der Waals surface area contributed by atoms with Crippen molar-refractivity contribution in [3.8, 4) is 10.6 Å². The molecule has 3 fully saturated rings. The fraction of sp³-hybridized carbons (Fsp3) is 0.444. The van der Waals surface area contributed by atoms with Crippen molar-refractivity contribution >= 4 is 28.5 Å². The van der Waals surface area contributed by atoms with Gasteiger partial charge in [-0.25, -0.2) is 4.98 Å². The van der Waals surface area contributed by atoms with Crippen LogP contribution in [-0.4, -0.2) is 48.4 Å². The quantitative estimate of drug-likeness (QED) is 0.707. The number of hydrogen-bond donors (Lipinski definition) is 1. The summed E-state index contributed by atoms with van der Waals surface area (Å²) < 4.78 is 51.3. The summed E-state index contributed by atoms with van der Waals surface area (Å²) in [5.41, 5.74) is 1.05. The Kier molecular flexibility index (Phi) is 4.11. The van der Waals surface area contributed by atoms with Crippen molar-refractivity contribution in [3.63, 3.8) is 0 Å². The molecule has 2 bridgehead atoms. The molecular formula is C18H17F3N4O2S. The number of nitrogens with one attached hydrogen (secondary N) is 1. The first-order valence-corrected chi connectivity index (χ1v) is 9.76. The van der Waals surface area contributed by atoms with Gasteiger partial charge in [0.2, 0.25) is 0 Å². The molecular weight excluding hydrogens is 393 g/mol. The highest BCUT2D eigenvalue weighted by Crippen LogP contribution is 2.42. The van der Waals surface area contributed by atoms with Crippen molar-refractivity contribution in [3.05, 3.63) is 29.3 Å². The molecule has 6 rings (SSSR count). The Balaban J connectivity index is 1.66. The lowest BCUT2D eigenvalue weighted by Crippen LogP contribution is -2.67. The number of oxazole rings is 1. The lowest BCUT2D eigenvalue weighted by atomic mass is 9.92. The molecule has 0 spiro atoms. The van der Waals surface area contributed by atoms with Gasteiger partial charge < -0.3 is 19.4 Å². The largest absolute Gasteiger partial charge is 0.423 e. The SMILES string of the molecule is CO[C@@H](c1ccc(-c2nccs2)c2oc(N3C[C@@H]4C[C@@H](C3)N4)nc12)C(F)(F)F. The predicted molar refractivity (Wildman–Crippen MR) is 98.5 cm³/mol. The number of ether oxygens (including phenoxy) is 1. The van der Waals surface area contributed by atoms with Crippen LogP contribution in [0.25, 0.3) is 21.7 Å². The molecule has 0 amide bonds. The molecule has 0 saturated carbocycles. The number of benzene rings is 1. The summed E-state index contributed by atoms with van der Waals surface area (Å²) in [6.45, 7) is 1.44. The number of rotatable bonds is 4. The predicted octanol–water partition coefficient (Wildman–Crippen LogP) is 3.75. The summed E-state index contributed by atoms with van der Waals surface area (Å²) in [7, 11) is 1.05. The molecule has 148 valence electrons. The van der Waals surface area contributed by atoms with Crippen LogP contribution < -0.4 is 10.2 Å². The van der Waals surface area contributed by atoms with Gasteiger partial charge in [0.1, 0.15) is 10.5 Å². The van der Waals surface area contributed by atoms with E-state index in [2.05, 4.69) is 15.3 Å². The summed E-state index contributed by atoms with van der Waals surface area (Å²) >= 11 is 1.39. The van der Waals surface area contributed by atoms with Crippen LogP contribution in [0.1, 0.15) is 18.1 Å². The maximum atomic E-state index is 13.5. The van der Waals surface area contributed by atoms with Gasteiger partial charge >= 0.3 is 6.18 Å². The van der Waals surface area contributed by atoms with Crippen LogP contribution >= 0.6 is 11.3 Å². The molecule has 1 N–H and O–H groups in total. The average molecular weight is 410 g/mol. The molecule has 3 aliphatic rings. The summed E-state index contributed by atoms with van der Waals surface area (Å²) in [5.74, 6) is 0. The Morgan fingerprint density at radius 2 is 2.07 bits per heavy atom. The maximum Gasteiger partial charge on any atom is 0.418 e. The van der Waals surface area contributed by atoms with Crippen LogP contribution in [-0.2, 0) is 4.74 Å². The second-order valence-corrected chi connectivity index (χ2v) is 7.97. The summed E-state index contributed by atoms with van der Waals surface area (Å²) in [5, 5.41) is 5.90. The minimum atomic E-state index is -4.56. The second kappa shape index (κ2) is 6.43. The topological polar surface area (TPSA) is 63.4 Å². The Labute approximate surface area is 162 Å². The molecule has 2 aromatic heterocycles. The molecule has 3 saturated heterocycles. The zero-order chi connectivity index (χ0) is 19.5. The highest BCUT2D eigenvalue weighted by Gasteiger charge is 2.43. The molecule has 10 heteroatoms. The first kappa shape index (κ1) is 17.9. The number of anilines is 1. The van der Waals surface area contributed by atoms with E-state index in [4.69, 9.17) is 9.15 Å². The van der Waals surface area contributed by atoms with Crippen LogP contribution in [0.5, 0.6) is 0 Å². The van der Waals surface area contributed by atoms with Gasteiger partial charge in [0.05, 0.1) is 5.56 Å². The molecule has 1 aromatic carbocycles. The monoisotopic (exact) mass is 410 g/mol. The van der Waals surface area contributed by atoms with Gasteiger partial charge in [-0.05, 0) is 12.5 Å². The van der Waals surface area contributed by atoms with E-state index in [0.717, 1.165) is 26.6 Å². The molecule has 0 unspecified atom stereocenters. The fourth-order valence-electron chi connectivity index (χ4n) is 3.99. The number of halogens is 3. The first-order valence-electron chi connectivity index (χ1n) is 8.88. The van der Waals surface area contributed by atoms with E-state index in [9.17, 15) is 13.2 Å². The number of alkyl halides is 3. The maximum absolute atomic E-state index is 13.5. The standard InChI is InChI=1S/C18H17F3N4O2S/c1-26-15(18(19,20)21)11-2-3-12(16-22-4-5-28-16)14-13(11)24-17(27-14)25-7-9-6-10(8-25)23-9/h2-5,9-10,15,23H,6-8H2,1H3/t9-,10-,15-/m0/s1. The Hall–Kier alpha value is -2.17. The zero-order valence-corrected chi connectivity index (χ0v) is 15.7. The molecule has 6 nitrogen and oxygen atoms in total. The van der Waals surface area contributed by atoms with Crippen molar-refractivity contribution in [2.75, 3.05) is 25.1 Å². The third-order valence-corrected chi connectivity index (χ3v) is 6.04. The van der Waals surface area contributed by atoms with Crippen molar-refractivity contribution in [2.24, 2.45) is 0 Å². The molecule has 3 atom stereocenters. The second-order valence-electron chi connectivity index (χ2n) is 7.07. The molecule has 0 radical (unpaired) electrons. The number of aromatic nitrogens is 2. The van der Waals surface area contributed by atoms with Crippen LogP contribution in [0.4, 0.5) is 19.2 Å². The minimum Gasteiger partial charge on any atom is -0.423 e. The highest BCUT2D eigenvalue weighted by atomic mass is 32.1. The lowest BCUT2D eigenvalue weighted by molar-refractivity contribution is -0.215. The summed E-state index contributed by atoms with van der Waals surface area (Å²) in [6, 6.07) is 4.08. The third-order valence-electron chi connectivity index (χ3n) is 5.23. The Bertz CT molecular complexity index is 988. The first-order chi connectivity index (χ1) is 13.4. The zero-order valence-electron chi connectivity index (χ0n) is 14.9. The highest BCUT2D eigenvalue weighted by molar-refractivity contribution is 7.13. The average Bonchev–Trinajstić information content (AvgIpc) is 3.31. The van der Waals surface area contributed by atoms with Gasteiger partial charge in [0.15, 0.2) is 11.7 Å². The van der Waals surface area contributed by atoms with Crippen molar-refractivity contribution in [1.29, 1.82) is 0 Å². The van der Waals surface area contributed by atoms with Crippen LogP contribution in [0.3, 0.4) is 0 Å². The number of piperidine rings is 1. The van der Waals surface area contributed by atoms with Gasteiger partial charge in [0, 0.05) is 49.4 Å². The van der Waals surface area contributed by atoms with Gasteiger partial charge in [-0.1, -0.05) is 6.07 Å². The van der Waals surface area contributed by atoms with E-state index in [-0.39, 0.29) is 11.1 Å². The van der Waals surface area contributed by atoms with Gasteiger partial charge in [-0.2, -0.15) is 18.2 Å². The van der Waals surface area contributed by atoms with Crippen molar-refractivity contribution in [1.82, 2.24) is 15.3 Å². The number of fused-ring (bicyclic) bond motifs is 3. The molecule has 3 aliphatic heterocycles.